The van der Waals surface area contributed by atoms with Crippen LogP contribution in [-0.2, 0) is 0 Å². The second-order valence-corrected chi connectivity index (χ2v) is 3.35. The Bertz CT molecular complexity index is 165. The van der Waals surface area contributed by atoms with Crippen LogP contribution in [-0.4, -0.2) is 12.5 Å². The van der Waals surface area contributed by atoms with Crippen molar-refractivity contribution in [1.29, 1.82) is 0 Å². The van der Waals surface area contributed by atoms with Crippen molar-refractivity contribution in [1.82, 2.24) is 0 Å². The molecule has 0 bridgehead atoms. The van der Waals surface area contributed by atoms with Gasteiger partial charge in [-0.25, -0.2) is 0 Å². The molecule has 60 valence electrons. The van der Waals surface area contributed by atoms with Gasteiger partial charge in [0.15, 0.2) is 0 Å². The summed E-state index contributed by atoms with van der Waals surface area (Å²) < 4.78 is 0. The molecule has 0 aliphatic heterocycles. The average molecular weight is 150 g/mol. The number of allylic oxidation sites excluding steroid dienone is 3. The van der Waals surface area contributed by atoms with Gasteiger partial charge in [0, 0.05) is 0 Å². The smallest absolute Gasteiger partial charge is 0.277 e. The van der Waals surface area contributed by atoms with E-state index in [0.717, 1.165) is 6.42 Å². The van der Waals surface area contributed by atoms with E-state index in [1.54, 1.807) is 0 Å². The highest BCUT2D eigenvalue weighted by Crippen LogP contribution is 2.30. The van der Waals surface area contributed by atoms with Gasteiger partial charge in [-0.3, -0.25) is 0 Å². The van der Waals surface area contributed by atoms with E-state index in [9.17, 15) is 0 Å². The van der Waals surface area contributed by atoms with Gasteiger partial charge >= 0.3 is 0 Å². The predicted molar refractivity (Wildman–Crippen MR) is 49.7 cm³/mol. The minimum Gasteiger partial charge on any atom is -0.453 e. The lowest BCUT2D eigenvalue weighted by atomic mass is 9.68. The molecule has 1 N–H and O–H groups in total. The summed E-state index contributed by atoms with van der Waals surface area (Å²) in [7, 11) is 0.282. The second kappa shape index (κ2) is 3.77. The lowest BCUT2D eigenvalue weighted by molar-refractivity contribution is 0.433. The van der Waals surface area contributed by atoms with Crippen LogP contribution in [0.5, 0.6) is 0 Å². The average Bonchev–Trinajstić information content (AvgIpc) is 2.04. The predicted octanol–water partition coefficient (Wildman–Crippen LogP) is 1.52. The summed E-state index contributed by atoms with van der Waals surface area (Å²) in [6.45, 7) is 5.98. The van der Waals surface area contributed by atoms with Crippen molar-refractivity contribution in [3.05, 3.63) is 24.8 Å². The molecule has 0 amide bonds. The van der Waals surface area contributed by atoms with Crippen LogP contribution in [0.15, 0.2) is 24.8 Å². The summed E-state index contributed by atoms with van der Waals surface area (Å²) in [6.07, 6.45) is 7.33. The van der Waals surface area contributed by atoms with Crippen molar-refractivity contribution >= 4 is 7.48 Å². The molecule has 1 rings (SSSR count). The van der Waals surface area contributed by atoms with E-state index in [1.807, 2.05) is 6.08 Å². The van der Waals surface area contributed by atoms with Crippen molar-refractivity contribution in [2.24, 2.45) is 11.8 Å². The van der Waals surface area contributed by atoms with E-state index in [2.05, 4.69) is 25.7 Å². The Labute approximate surface area is 69.1 Å². The molecule has 0 aromatic rings. The summed E-state index contributed by atoms with van der Waals surface area (Å²) in [5, 5.41) is 8.89. The van der Waals surface area contributed by atoms with Crippen molar-refractivity contribution in [3.8, 4) is 0 Å². The minimum absolute atomic E-state index is 0.282. The Hall–Kier alpha value is -0.495. The highest BCUT2D eigenvalue weighted by atomic mass is 16.2. The first-order valence-electron chi connectivity index (χ1n) is 4.19. The Balaban J connectivity index is 2.58. The van der Waals surface area contributed by atoms with Crippen molar-refractivity contribution in [2.75, 3.05) is 0 Å². The Morgan fingerprint density at radius 1 is 1.64 bits per heavy atom. The summed E-state index contributed by atoms with van der Waals surface area (Å²) in [5.74, 6) is 1.52. The molecule has 1 aliphatic rings. The van der Waals surface area contributed by atoms with E-state index in [4.69, 9.17) is 5.02 Å². The molecule has 0 aromatic heterocycles. The van der Waals surface area contributed by atoms with Gasteiger partial charge in [-0.2, -0.15) is 0 Å². The fourth-order valence-electron chi connectivity index (χ4n) is 1.63. The van der Waals surface area contributed by atoms with Crippen LogP contribution in [0.3, 0.4) is 0 Å². The van der Waals surface area contributed by atoms with Gasteiger partial charge in [0.1, 0.15) is 0 Å². The van der Waals surface area contributed by atoms with Gasteiger partial charge in [-0.1, -0.05) is 25.2 Å². The van der Waals surface area contributed by atoms with Crippen molar-refractivity contribution in [3.63, 3.8) is 0 Å². The molecule has 0 heterocycles. The van der Waals surface area contributed by atoms with Crippen molar-refractivity contribution in [2.45, 2.75) is 19.2 Å². The molecule has 0 radical (unpaired) electrons. The molecule has 0 saturated carbocycles. The molecule has 1 aliphatic carbocycles. The summed E-state index contributed by atoms with van der Waals surface area (Å²) in [5.41, 5.74) is 0. The zero-order valence-corrected chi connectivity index (χ0v) is 7.03. The minimum atomic E-state index is 0.282. The second-order valence-electron chi connectivity index (χ2n) is 3.35. The number of hydrogen-bond acceptors (Lipinski definition) is 1. The zero-order valence-electron chi connectivity index (χ0n) is 7.03. The molecule has 0 saturated heterocycles. The summed E-state index contributed by atoms with van der Waals surface area (Å²) in [4.78, 5) is 0. The van der Waals surface area contributed by atoms with Crippen LogP contribution in [0, 0.1) is 11.8 Å². The van der Waals surface area contributed by atoms with Gasteiger partial charge in [0.25, 0.3) is 7.48 Å². The standard InChI is InChI=1S/C9H15BO/c1-3-8-4-5-9(10-11)6-7(8)2/h3-5,7-11H,1,6H2,2H3. The molecular weight excluding hydrogens is 135 g/mol. The molecule has 11 heavy (non-hydrogen) atoms. The fraction of sp³-hybridized carbons (Fsp3) is 0.556. The van der Waals surface area contributed by atoms with E-state index < -0.39 is 0 Å². The highest BCUT2D eigenvalue weighted by molar-refractivity contribution is 6.28. The van der Waals surface area contributed by atoms with E-state index in [1.165, 1.54) is 0 Å². The van der Waals surface area contributed by atoms with Crippen LogP contribution in [0.4, 0.5) is 0 Å². The normalized spacial score (nSPS) is 36.7. The van der Waals surface area contributed by atoms with Crippen LogP contribution >= 0.6 is 0 Å². The van der Waals surface area contributed by atoms with E-state index in [-0.39, 0.29) is 7.48 Å². The molecule has 2 heteroatoms. The lowest BCUT2D eigenvalue weighted by Crippen LogP contribution is -2.16. The highest BCUT2D eigenvalue weighted by Gasteiger charge is 2.20. The topological polar surface area (TPSA) is 20.2 Å². The van der Waals surface area contributed by atoms with Crippen LogP contribution in [0.2, 0.25) is 5.82 Å². The first kappa shape index (κ1) is 8.60. The quantitative estimate of drug-likeness (QED) is 0.467. The van der Waals surface area contributed by atoms with Crippen molar-refractivity contribution < 1.29 is 5.02 Å². The number of rotatable bonds is 2. The maximum Gasteiger partial charge on any atom is 0.277 e. The monoisotopic (exact) mass is 150 g/mol. The first-order valence-corrected chi connectivity index (χ1v) is 4.19. The third-order valence-corrected chi connectivity index (χ3v) is 2.44. The summed E-state index contributed by atoms with van der Waals surface area (Å²) in [6, 6.07) is 0. The lowest BCUT2D eigenvalue weighted by Gasteiger charge is -2.25. The maximum atomic E-state index is 8.89. The van der Waals surface area contributed by atoms with Gasteiger partial charge in [0.2, 0.25) is 0 Å². The van der Waals surface area contributed by atoms with Gasteiger partial charge in [-0.05, 0) is 24.1 Å². The zero-order chi connectivity index (χ0) is 8.27. The van der Waals surface area contributed by atoms with E-state index >= 15 is 0 Å². The van der Waals surface area contributed by atoms with Crippen LogP contribution in [0.1, 0.15) is 13.3 Å². The summed E-state index contributed by atoms with van der Waals surface area (Å²) >= 11 is 0. The largest absolute Gasteiger partial charge is 0.453 e. The Morgan fingerprint density at radius 2 is 2.36 bits per heavy atom. The van der Waals surface area contributed by atoms with Crippen LogP contribution < -0.4 is 0 Å². The maximum absolute atomic E-state index is 8.89. The number of hydrogen-bond donors (Lipinski definition) is 1. The Kier molecular flexibility index (Phi) is 2.95. The molecule has 0 spiro atoms. The third-order valence-electron chi connectivity index (χ3n) is 2.44. The molecule has 1 nitrogen and oxygen atoms in total. The molecular formula is C9H15BO. The van der Waals surface area contributed by atoms with Gasteiger partial charge in [0.05, 0.1) is 0 Å². The molecule has 3 atom stereocenters. The van der Waals surface area contributed by atoms with E-state index in [0.29, 0.717) is 17.7 Å². The molecule has 0 fully saturated rings. The molecule has 0 aromatic carbocycles. The van der Waals surface area contributed by atoms with Crippen LogP contribution in [0.25, 0.3) is 0 Å². The Morgan fingerprint density at radius 3 is 2.82 bits per heavy atom. The van der Waals surface area contributed by atoms with Gasteiger partial charge < -0.3 is 5.02 Å². The van der Waals surface area contributed by atoms with Gasteiger partial charge in [-0.15, -0.1) is 6.58 Å². The molecule has 3 unspecified atom stereocenters. The SMILES string of the molecule is C=CC1C=CC(BO)CC1C. The fourth-order valence-corrected chi connectivity index (χ4v) is 1.63. The first-order chi connectivity index (χ1) is 5.27. The third kappa shape index (κ3) is 1.97.